The van der Waals surface area contributed by atoms with Gasteiger partial charge in [0.2, 0.25) is 0 Å². The van der Waals surface area contributed by atoms with Crippen LogP contribution >= 0.6 is 11.8 Å². The number of carbonyl (C=O) groups is 1. The summed E-state index contributed by atoms with van der Waals surface area (Å²) in [5.74, 6) is 0.518. The van der Waals surface area contributed by atoms with Gasteiger partial charge in [-0.3, -0.25) is 4.79 Å². The highest BCUT2D eigenvalue weighted by atomic mass is 32.2. The van der Waals surface area contributed by atoms with Gasteiger partial charge in [-0.15, -0.1) is 0 Å². The molecule has 1 aromatic carbocycles. The lowest BCUT2D eigenvalue weighted by molar-refractivity contribution is -0.116. The molecule has 0 radical (unpaired) electrons. The van der Waals surface area contributed by atoms with E-state index < -0.39 is 0 Å². The summed E-state index contributed by atoms with van der Waals surface area (Å²) < 4.78 is 12.9. The first kappa shape index (κ1) is 14.2. The second-order valence-electron chi connectivity index (χ2n) is 4.32. The van der Waals surface area contributed by atoms with Crippen LogP contribution in [0.2, 0.25) is 0 Å². The summed E-state index contributed by atoms with van der Waals surface area (Å²) in [7, 11) is 0. The summed E-state index contributed by atoms with van der Waals surface area (Å²) >= 11 is 1.69. The van der Waals surface area contributed by atoms with E-state index in [-0.39, 0.29) is 11.6 Å². The minimum Gasteiger partial charge on any atom is -0.298 e. The first-order valence-electron chi connectivity index (χ1n) is 5.91. The van der Waals surface area contributed by atoms with Crippen LogP contribution in [0.1, 0.15) is 31.4 Å². The zero-order valence-corrected chi connectivity index (χ0v) is 11.4. The van der Waals surface area contributed by atoms with E-state index in [1.807, 2.05) is 6.92 Å². The van der Waals surface area contributed by atoms with Crippen molar-refractivity contribution in [1.29, 1.82) is 0 Å². The molecule has 3 heteroatoms. The Labute approximate surface area is 107 Å². The molecule has 0 saturated heterocycles. The van der Waals surface area contributed by atoms with E-state index in [0.29, 0.717) is 17.4 Å². The summed E-state index contributed by atoms with van der Waals surface area (Å²) in [5, 5.41) is 0.522. The Morgan fingerprint density at radius 3 is 2.76 bits per heavy atom. The molecule has 0 bridgehead atoms. The van der Waals surface area contributed by atoms with Gasteiger partial charge in [0, 0.05) is 11.7 Å². The Balaban J connectivity index is 2.50. The monoisotopic (exact) mass is 254 g/mol. The Hall–Kier alpha value is -0.830. The molecule has 17 heavy (non-hydrogen) atoms. The van der Waals surface area contributed by atoms with Gasteiger partial charge in [0.15, 0.2) is 0 Å². The molecule has 0 aliphatic rings. The van der Waals surface area contributed by atoms with Crippen molar-refractivity contribution in [3.05, 3.63) is 35.1 Å². The standard InChI is InChI=1S/C14H19FOS/c1-4-11(3)17-9-14(16)8-12-5-6-13(15)7-10(12)2/h5-7,11H,4,8-9H2,1-3H3. The zero-order valence-electron chi connectivity index (χ0n) is 10.6. The van der Waals surface area contributed by atoms with Gasteiger partial charge in [0.1, 0.15) is 11.6 Å². The second-order valence-corrected chi connectivity index (χ2v) is 5.74. The fraction of sp³-hybridized carbons (Fsp3) is 0.500. The molecule has 0 aliphatic heterocycles. The van der Waals surface area contributed by atoms with E-state index >= 15 is 0 Å². The number of hydrogen-bond acceptors (Lipinski definition) is 2. The average molecular weight is 254 g/mol. The molecule has 0 aliphatic carbocycles. The maximum absolute atomic E-state index is 12.9. The van der Waals surface area contributed by atoms with Crippen LogP contribution in [0, 0.1) is 12.7 Å². The van der Waals surface area contributed by atoms with Crippen molar-refractivity contribution in [3.8, 4) is 0 Å². The topological polar surface area (TPSA) is 17.1 Å². The molecule has 1 aromatic rings. The molecule has 0 fully saturated rings. The van der Waals surface area contributed by atoms with Crippen LogP contribution in [-0.4, -0.2) is 16.8 Å². The SMILES string of the molecule is CCC(C)SCC(=O)Cc1ccc(F)cc1C. The summed E-state index contributed by atoms with van der Waals surface area (Å²) in [4.78, 5) is 11.8. The van der Waals surface area contributed by atoms with Crippen LogP contribution < -0.4 is 0 Å². The van der Waals surface area contributed by atoms with Gasteiger partial charge in [0.05, 0.1) is 5.75 Å². The predicted octanol–water partition coefficient (Wildman–Crippen LogP) is 3.78. The van der Waals surface area contributed by atoms with Crippen molar-refractivity contribution in [2.75, 3.05) is 5.75 Å². The molecule has 0 N–H and O–H groups in total. The maximum atomic E-state index is 12.9. The van der Waals surface area contributed by atoms with Crippen LogP contribution in [0.5, 0.6) is 0 Å². The summed E-state index contributed by atoms with van der Waals surface area (Å²) in [5.41, 5.74) is 1.79. The molecule has 1 unspecified atom stereocenters. The number of carbonyl (C=O) groups excluding carboxylic acids is 1. The quantitative estimate of drug-likeness (QED) is 0.768. The average Bonchev–Trinajstić information content (AvgIpc) is 2.29. The van der Waals surface area contributed by atoms with Crippen molar-refractivity contribution in [2.24, 2.45) is 0 Å². The number of Topliss-reactive ketones (excluding diaryl/α,β-unsaturated/α-hetero) is 1. The summed E-state index contributed by atoms with van der Waals surface area (Å²) in [6, 6.07) is 4.60. The molecular weight excluding hydrogens is 235 g/mol. The molecule has 0 heterocycles. The third-order valence-corrected chi connectivity index (χ3v) is 4.19. The molecule has 1 nitrogen and oxygen atoms in total. The highest BCUT2D eigenvalue weighted by molar-refractivity contribution is 8.00. The van der Waals surface area contributed by atoms with E-state index in [1.54, 1.807) is 17.8 Å². The van der Waals surface area contributed by atoms with Gasteiger partial charge in [-0.05, 0) is 36.6 Å². The van der Waals surface area contributed by atoms with E-state index in [4.69, 9.17) is 0 Å². The van der Waals surface area contributed by atoms with Gasteiger partial charge < -0.3 is 0 Å². The molecule has 0 spiro atoms. The van der Waals surface area contributed by atoms with Crippen molar-refractivity contribution in [1.82, 2.24) is 0 Å². The van der Waals surface area contributed by atoms with Crippen molar-refractivity contribution >= 4 is 17.5 Å². The molecule has 0 amide bonds. The molecular formula is C14H19FOS. The van der Waals surface area contributed by atoms with Crippen LogP contribution in [0.4, 0.5) is 4.39 Å². The molecule has 1 rings (SSSR count). The van der Waals surface area contributed by atoms with E-state index in [1.165, 1.54) is 12.1 Å². The van der Waals surface area contributed by atoms with Gasteiger partial charge in [0.25, 0.3) is 0 Å². The number of aryl methyl sites for hydroxylation is 1. The largest absolute Gasteiger partial charge is 0.298 e. The van der Waals surface area contributed by atoms with Gasteiger partial charge in [-0.1, -0.05) is 19.9 Å². The summed E-state index contributed by atoms with van der Waals surface area (Å²) in [6.45, 7) is 6.08. The summed E-state index contributed by atoms with van der Waals surface area (Å²) in [6.07, 6.45) is 1.49. The van der Waals surface area contributed by atoms with Gasteiger partial charge >= 0.3 is 0 Å². The van der Waals surface area contributed by atoms with E-state index in [0.717, 1.165) is 17.5 Å². The molecule has 0 aromatic heterocycles. The van der Waals surface area contributed by atoms with Crippen molar-refractivity contribution < 1.29 is 9.18 Å². The van der Waals surface area contributed by atoms with Gasteiger partial charge in [-0.25, -0.2) is 4.39 Å². The number of hydrogen-bond donors (Lipinski definition) is 0. The van der Waals surface area contributed by atoms with Crippen LogP contribution in [0.3, 0.4) is 0 Å². The zero-order chi connectivity index (χ0) is 12.8. The predicted molar refractivity (Wildman–Crippen MR) is 72.1 cm³/mol. The highest BCUT2D eigenvalue weighted by Crippen LogP contribution is 2.16. The highest BCUT2D eigenvalue weighted by Gasteiger charge is 2.09. The Bertz CT molecular complexity index is 390. The van der Waals surface area contributed by atoms with Crippen LogP contribution in [0.15, 0.2) is 18.2 Å². The number of thioether (sulfide) groups is 1. The lowest BCUT2D eigenvalue weighted by atomic mass is 10.0. The lowest BCUT2D eigenvalue weighted by Gasteiger charge is -2.08. The number of halogens is 1. The minimum absolute atomic E-state index is 0.213. The first-order valence-corrected chi connectivity index (χ1v) is 6.96. The fourth-order valence-electron chi connectivity index (χ4n) is 1.47. The maximum Gasteiger partial charge on any atom is 0.147 e. The third-order valence-electron chi connectivity index (χ3n) is 2.80. The van der Waals surface area contributed by atoms with Crippen LogP contribution in [0.25, 0.3) is 0 Å². The number of ketones is 1. The molecule has 94 valence electrons. The smallest absolute Gasteiger partial charge is 0.147 e. The van der Waals surface area contributed by atoms with Crippen LogP contribution in [-0.2, 0) is 11.2 Å². The Kier molecular flexibility index (Phi) is 5.69. The Morgan fingerprint density at radius 1 is 1.47 bits per heavy atom. The van der Waals surface area contributed by atoms with Crippen molar-refractivity contribution in [3.63, 3.8) is 0 Å². The number of benzene rings is 1. The lowest BCUT2D eigenvalue weighted by Crippen LogP contribution is -2.09. The molecule has 0 saturated carbocycles. The minimum atomic E-state index is -0.243. The first-order chi connectivity index (χ1) is 8.02. The number of rotatable bonds is 6. The van der Waals surface area contributed by atoms with Crippen molar-refractivity contribution in [2.45, 2.75) is 38.9 Å². The van der Waals surface area contributed by atoms with Gasteiger partial charge in [-0.2, -0.15) is 11.8 Å². The Morgan fingerprint density at radius 2 is 2.18 bits per heavy atom. The normalized spacial score (nSPS) is 12.5. The van der Waals surface area contributed by atoms with E-state index in [2.05, 4.69) is 13.8 Å². The fourth-order valence-corrected chi connectivity index (χ4v) is 2.28. The third kappa shape index (κ3) is 4.90. The second kappa shape index (κ2) is 6.80. The molecule has 1 atom stereocenters. The van der Waals surface area contributed by atoms with E-state index in [9.17, 15) is 9.18 Å².